The van der Waals surface area contributed by atoms with Crippen LogP contribution in [0.5, 0.6) is 0 Å². The quantitative estimate of drug-likeness (QED) is 0.419. The van der Waals surface area contributed by atoms with Crippen molar-refractivity contribution < 1.29 is 14.3 Å². The van der Waals surface area contributed by atoms with E-state index in [4.69, 9.17) is 4.74 Å². The molecular formula is C13H18O3. The van der Waals surface area contributed by atoms with Gasteiger partial charge >= 0.3 is 5.97 Å². The fourth-order valence-electron chi connectivity index (χ4n) is 1.82. The zero-order chi connectivity index (χ0) is 12.1. The third-order valence-corrected chi connectivity index (χ3v) is 2.62. The summed E-state index contributed by atoms with van der Waals surface area (Å²) >= 11 is 0. The first-order valence-electron chi connectivity index (χ1n) is 5.63. The SMILES string of the molecule is C=C(C)C(=O)C(OC(C)=O)=C1CCCCC1. The number of ketones is 1. The molecule has 0 amide bonds. The molecule has 0 aromatic heterocycles. The minimum absolute atomic E-state index is 0.222. The second-order valence-electron chi connectivity index (χ2n) is 4.20. The molecule has 0 unspecified atom stereocenters. The summed E-state index contributed by atoms with van der Waals surface area (Å²) in [6, 6.07) is 0. The molecule has 0 atom stereocenters. The number of hydrogen-bond acceptors (Lipinski definition) is 3. The van der Waals surface area contributed by atoms with Crippen LogP contribution in [-0.4, -0.2) is 11.8 Å². The summed E-state index contributed by atoms with van der Waals surface area (Å²) in [6.45, 7) is 6.55. The first-order chi connectivity index (χ1) is 7.52. The van der Waals surface area contributed by atoms with Gasteiger partial charge in [0.2, 0.25) is 5.78 Å². The van der Waals surface area contributed by atoms with E-state index in [9.17, 15) is 9.59 Å². The first kappa shape index (κ1) is 12.7. The zero-order valence-electron chi connectivity index (χ0n) is 9.97. The molecule has 0 aromatic carbocycles. The minimum Gasteiger partial charge on any atom is -0.423 e. The van der Waals surface area contributed by atoms with Crippen LogP contribution in [-0.2, 0) is 14.3 Å². The molecule has 0 N–H and O–H groups in total. The molecule has 0 saturated heterocycles. The Bertz CT molecular complexity index is 342. The van der Waals surface area contributed by atoms with Crippen LogP contribution in [0.4, 0.5) is 0 Å². The van der Waals surface area contributed by atoms with Crippen LogP contribution >= 0.6 is 0 Å². The smallest absolute Gasteiger partial charge is 0.308 e. The molecule has 16 heavy (non-hydrogen) atoms. The Morgan fingerprint density at radius 3 is 2.12 bits per heavy atom. The van der Waals surface area contributed by atoms with Gasteiger partial charge in [0.25, 0.3) is 0 Å². The maximum Gasteiger partial charge on any atom is 0.308 e. The third-order valence-electron chi connectivity index (χ3n) is 2.62. The number of ether oxygens (including phenoxy) is 1. The topological polar surface area (TPSA) is 43.4 Å². The van der Waals surface area contributed by atoms with Gasteiger partial charge in [0.1, 0.15) is 0 Å². The molecule has 1 rings (SSSR count). The van der Waals surface area contributed by atoms with Crippen molar-refractivity contribution in [3.63, 3.8) is 0 Å². The number of hydrogen-bond donors (Lipinski definition) is 0. The van der Waals surface area contributed by atoms with Gasteiger partial charge in [-0.3, -0.25) is 9.59 Å². The third kappa shape index (κ3) is 3.33. The van der Waals surface area contributed by atoms with Crippen LogP contribution in [0.15, 0.2) is 23.5 Å². The highest BCUT2D eigenvalue weighted by Gasteiger charge is 2.21. The van der Waals surface area contributed by atoms with Crippen molar-refractivity contribution in [3.8, 4) is 0 Å². The number of esters is 1. The lowest BCUT2D eigenvalue weighted by molar-refractivity contribution is -0.139. The van der Waals surface area contributed by atoms with E-state index in [0.717, 1.165) is 31.3 Å². The molecule has 0 radical (unpaired) electrons. The predicted molar refractivity (Wildman–Crippen MR) is 61.7 cm³/mol. The average Bonchev–Trinajstić information content (AvgIpc) is 2.26. The molecule has 1 fully saturated rings. The lowest BCUT2D eigenvalue weighted by Crippen LogP contribution is -2.14. The van der Waals surface area contributed by atoms with E-state index in [1.54, 1.807) is 6.92 Å². The normalized spacial score (nSPS) is 15.5. The van der Waals surface area contributed by atoms with Crippen molar-refractivity contribution in [2.45, 2.75) is 46.0 Å². The van der Waals surface area contributed by atoms with Crippen LogP contribution in [0.2, 0.25) is 0 Å². The molecule has 0 bridgehead atoms. The molecule has 3 heteroatoms. The summed E-state index contributed by atoms with van der Waals surface area (Å²) in [7, 11) is 0. The second kappa shape index (κ2) is 5.64. The molecule has 0 aromatic rings. The summed E-state index contributed by atoms with van der Waals surface area (Å²) in [5.74, 6) is -0.463. The summed E-state index contributed by atoms with van der Waals surface area (Å²) in [4.78, 5) is 22.8. The fraction of sp³-hybridized carbons (Fsp3) is 0.538. The van der Waals surface area contributed by atoms with Crippen molar-refractivity contribution in [1.82, 2.24) is 0 Å². The highest BCUT2D eigenvalue weighted by Crippen LogP contribution is 2.27. The average molecular weight is 222 g/mol. The van der Waals surface area contributed by atoms with Gasteiger partial charge in [-0.25, -0.2) is 0 Å². The first-order valence-corrected chi connectivity index (χ1v) is 5.63. The summed E-state index contributed by atoms with van der Waals surface area (Å²) in [5.41, 5.74) is 1.38. The Morgan fingerprint density at radius 1 is 1.12 bits per heavy atom. The Balaban J connectivity index is 2.97. The number of rotatable bonds is 3. The highest BCUT2D eigenvalue weighted by atomic mass is 16.5. The Kier molecular flexibility index (Phi) is 4.47. The summed E-state index contributed by atoms with van der Waals surface area (Å²) < 4.78 is 5.04. The van der Waals surface area contributed by atoms with E-state index in [-0.39, 0.29) is 11.5 Å². The molecule has 3 nitrogen and oxygen atoms in total. The Morgan fingerprint density at radius 2 is 1.69 bits per heavy atom. The van der Waals surface area contributed by atoms with Crippen molar-refractivity contribution in [3.05, 3.63) is 23.5 Å². The van der Waals surface area contributed by atoms with Gasteiger partial charge in [-0.1, -0.05) is 13.0 Å². The molecule has 88 valence electrons. The molecule has 0 aliphatic heterocycles. The monoisotopic (exact) mass is 222 g/mol. The van der Waals surface area contributed by atoms with Crippen LogP contribution in [0.1, 0.15) is 46.0 Å². The van der Waals surface area contributed by atoms with Crippen LogP contribution in [0.25, 0.3) is 0 Å². The highest BCUT2D eigenvalue weighted by molar-refractivity contribution is 6.07. The molecule has 1 aliphatic rings. The maximum atomic E-state index is 11.8. The predicted octanol–water partition coefficient (Wildman–Crippen LogP) is 2.91. The van der Waals surface area contributed by atoms with E-state index in [1.165, 1.54) is 13.3 Å². The van der Waals surface area contributed by atoms with Gasteiger partial charge < -0.3 is 4.74 Å². The van der Waals surface area contributed by atoms with E-state index in [0.29, 0.717) is 5.57 Å². The molecule has 1 aliphatic carbocycles. The standard InChI is InChI=1S/C13H18O3/c1-9(2)12(15)13(16-10(3)14)11-7-5-4-6-8-11/h1,4-8H2,2-3H3. The van der Waals surface area contributed by atoms with Crippen LogP contribution in [0, 0.1) is 0 Å². The van der Waals surface area contributed by atoms with Crippen LogP contribution in [0.3, 0.4) is 0 Å². The number of carbonyl (C=O) groups excluding carboxylic acids is 2. The van der Waals surface area contributed by atoms with Crippen molar-refractivity contribution in [2.24, 2.45) is 0 Å². The largest absolute Gasteiger partial charge is 0.423 e. The Hall–Kier alpha value is -1.38. The van der Waals surface area contributed by atoms with Crippen LogP contribution < -0.4 is 0 Å². The lowest BCUT2D eigenvalue weighted by Gasteiger charge is -2.17. The van der Waals surface area contributed by atoms with E-state index >= 15 is 0 Å². The van der Waals surface area contributed by atoms with Gasteiger partial charge in [-0.05, 0) is 43.8 Å². The minimum atomic E-state index is -0.442. The number of allylic oxidation sites excluding steroid dienone is 2. The molecule has 0 heterocycles. The Labute approximate surface area is 96.2 Å². The maximum absolute atomic E-state index is 11.8. The van der Waals surface area contributed by atoms with Gasteiger partial charge in [-0.2, -0.15) is 0 Å². The number of carbonyl (C=O) groups is 2. The number of Topliss-reactive ketones (excluding diaryl/α,β-unsaturated/α-hetero) is 1. The van der Waals surface area contributed by atoms with Gasteiger partial charge in [0, 0.05) is 6.92 Å². The van der Waals surface area contributed by atoms with Crippen molar-refractivity contribution >= 4 is 11.8 Å². The van der Waals surface area contributed by atoms with E-state index < -0.39 is 5.97 Å². The molecule has 1 saturated carbocycles. The fourth-order valence-corrected chi connectivity index (χ4v) is 1.82. The van der Waals surface area contributed by atoms with Gasteiger partial charge in [-0.15, -0.1) is 0 Å². The van der Waals surface area contributed by atoms with E-state index in [2.05, 4.69) is 6.58 Å². The molecular weight excluding hydrogens is 204 g/mol. The zero-order valence-corrected chi connectivity index (χ0v) is 9.97. The lowest BCUT2D eigenvalue weighted by atomic mass is 9.92. The van der Waals surface area contributed by atoms with Gasteiger partial charge in [0.15, 0.2) is 5.76 Å². The van der Waals surface area contributed by atoms with Gasteiger partial charge in [0.05, 0.1) is 0 Å². The summed E-state index contributed by atoms with van der Waals surface area (Å²) in [6.07, 6.45) is 4.99. The van der Waals surface area contributed by atoms with E-state index in [1.807, 2.05) is 0 Å². The van der Waals surface area contributed by atoms with Crippen molar-refractivity contribution in [2.75, 3.05) is 0 Å². The van der Waals surface area contributed by atoms with Crippen molar-refractivity contribution in [1.29, 1.82) is 0 Å². The summed E-state index contributed by atoms with van der Waals surface area (Å²) in [5, 5.41) is 0. The molecule has 0 spiro atoms. The second-order valence-corrected chi connectivity index (χ2v) is 4.20.